The van der Waals surface area contributed by atoms with Gasteiger partial charge in [0.2, 0.25) is 15.9 Å². The zero-order chi connectivity index (χ0) is 25.2. The highest BCUT2D eigenvalue weighted by molar-refractivity contribution is 7.89. The number of nitrogens with zero attached hydrogens (tertiary/aromatic N) is 2. The van der Waals surface area contributed by atoms with Gasteiger partial charge >= 0.3 is 0 Å². The highest BCUT2D eigenvalue weighted by Gasteiger charge is 2.39. The lowest BCUT2D eigenvalue weighted by atomic mass is 9.88. The van der Waals surface area contributed by atoms with E-state index in [1.807, 2.05) is 26.1 Å². The Balaban J connectivity index is 1.67. The number of ether oxygens (including phenoxy) is 1. The Kier molecular flexibility index (Phi) is 8.23. The third kappa shape index (κ3) is 5.59. The number of aliphatic hydroxyl groups excluding tert-OH is 1. The van der Waals surface area contributed by atoms with Crippen molar-refractivity contribution in [2.75, 3.05) is 26.7 Å². The van der Waals surface area contributed by atoms with Gasteiger partial charge in [-0.3, -0.25) is 4.79 Å². The van der Waals surface area contributed by atoms with Crippen LogP contribution in [0.5, 0.6) is 5.75 Å². The van der Waals surface area contributed by atoms with Gasteiger partial charge in [-0.1, -0.05) is 38.3 Å². The maximum atomic E-state index is 13.7. The van der Waals surface area contributed by atoms with Crippen molar-refractivity contribution in [2.45, 2.75) is 82.3 Å². The number of amides is 1. The fraction of sp³-hybridized carbons (Fsp3) is 0.667. The third-order valence-electron chi connectivity index (χ3n) is 7.86. The van der Waals surface area contributed by atoms with Gasteiger partial charge in [-0.2, -0.15) is 4.31 Å². The SMILES string of the molecule is C[C@@H]1CN([C@@H](C)CO)S(=O)(=O)c2ccc(C3=CCCC3)cc2O[C@H]1CN(C)C(=O)C1CCCCC1. The lowest BCUT2D eigenvalue weighted by Crippen LogP contribution is -2.50. The van der Waals surface area contributed by atoms with Gasteiger partial charge in [-0.25, -0.2) is 8.42 Å². The third-order valence-corrected chi connectivity index (χ3v) is 9.88. The van der Waals surface area contributed by atoms with Gasteiger partial charge in [-0.05, 0) is 62.3 Å². The molecule has 0 unspecified atom stereocenters. The molecule has 1 saturated carbocycles. The van der Waals surface area contributed by atoms with Gasteiger partial charge in [0.1, 0.15) is 16.7 Å². The molecule has 1 heterocycles. The molecule has 3 atom stereocenters. The molecule has 7 nitrogen and oxygen atoms in total. The Labute approximate surface area is 210 Å². The van der Waals surface area contributed by atoms with Gasteiger partial charge in [-0.15, -0.1) is 0 Å². The number of allylic oxidation sites excluding steroid dienone is 2. The summed E-state index contributed by atoms with van der Waals surface area (Å²) in [5.74, 6) is 0.376. The van der Waals surface area contributed by atoms with Crippen LogP contribution in [-0.2, 0) is 14.8 Å². The number of carbonyl (C=O) groups excluding carboxylic acids is 1. The number of hydrogen-bond acceptors (Lipinski definition) is 5. The molecular weight excluding hydrogens is 464 g/mol. The van der Waals surface area contributed by atoms with Crippen LogP contribution in [0.3, 0.4) is 0 Å². The summed E-state index contributed by atoms with van der Waals surface area (Å²) in [7, 11) is -2.03. The summed E-state index contributed by atoms with van der Waals surface area (Å²) in [5, 5.41) is 9.83. The number of carbonyl (C=O) groups is 1. The van der Waals surface area contributed by atoms with Gasteiger partial charge in [0, 0.05) is 31.5 Å². The standard InChI is InChI=1S/C27H40N2O5S/c1-19-16-29(20(2)18-30)35(32,33)26-14-13-23(21-9-7-8-10-21)15-24(26)34-25(19)17-28(3)27(31)22-11-5-4-6-12-22/h9,13-15,19-20,22,25,30H,4-8,10-12,16-18H2,1-3H3/t19-,20+,25+/m1/s1. The van der Waals surface area contributed by atoms with Crippen LogP contribution in [0.1, 0.15) is 70.8 Å². The van der Waals surface area contributed by atoms with Crippen LogP contribution in [0.4, 0.5) is 0 Å². The number of likely N-dealkylation sites (N-methyl/N-ethyl adjacent to an activating group) is 1. The van der Waals surface area contributed by atoms with Gasteiger partial charge in [0.15, 0.2) is 0 Å². The van der Waals surface area contributed by atoms with Crippen molar-refractivity contribution in [3.8, 4) is 5.75 Å². The molecule has 0 spiro atoms. The van der Waals surface area contributed by atoms with E-state index < -0.39 is 16.1 Å². The number of fused-ring (bicyclic) bond motifs is 1. The first-order chi connectivity index (χ1) is 16.7. The molecule has 1 aliphatic heterocycles. The molecule has 0 saturated heterocycles. The largest absolute Gasteiger partial charge is 0.487 e. The monoisotopic (exact) mass is 504 g/mol. The number of benzene rings is 1. The molecule has 35 heavy (non-hydrogen) atoms. The molecular formula is C27H40N2O5S. The van der Waals surface area contributed by atoms with E-state index in [1.54, 1.807) is 17.9 Å². The maximum absolute atomic E-state index is 13.7. The Morgan fingerprint density at radius 1 is 1.23 bits per heavy atom. The van der Waals surface area contributed by atoms with Crippen molar-refractivity contribution in [2.24, 2.45) is 11.8 Å². The van der Waals surface area contributed by atoms with Crippen molar-refractivity contribution < 1.29 is 23.1 Å². The highest BCUT2D eigenvalue weighted by Crippen LogP contribution is 2.37. The molecule has 4 rings (SSSR count). The second-order valence-electron chi connectivity index (χ2n) is 10.6. The first-order valence-electron chi connectivity index (χ1n) is 13.1. The second kappa shape index (κ2) is 11.0. The Morgan fingerprint density at radius 2 is 1.97 bits per heavy atom. The molecule has 1 aromatic rings. The minimum Gasteiger partial charge on any atom is -0.487 e. The molecule has 3 aliphatic rings. The summed E-state index contributed by atoms with van der Waals surface area (Å²) in [4.78, 5) is 15.0. The molecule has 1 N–H and O–H groups in total. The zero-order valence-electron chi connectivity index (χ0n) is 21.3. The lowest BCUT2D eigenvalue weighted by molar-refractivity contribution is -0.136. The van der Waals surface area contributed by atoms with E-state index >= 15 is 0 Å². The first-order valence-corrected chi connectivity index (χ1v) is 14.5. The molecule has 0 aromatic heterocycles. The molecule has 0 bridgehead atoms. The van der Waals surface area contributed by atoms with Gasteiger partial charge in [0.25, 0.3) is 0 Å². The van der Waals surface area contributed by atoms with Crippen LogP contribution in [0, 0.1) is 11.8 Å². The van der Waals surface area contributed by atoms with Gasteiger partial charge in [0.05, 0.1) is 13.2 Å². The molecule has 1 aromatic carbocycles. The number of sulfonamides is 1. The van der Waals surface area contributed by atoms with E-state index in [-0.39, 0.29) is 41.9 Å². The summed E-state index contributed by atoms with van der Waals surface area (Å²) < 4.78 is 35.2. The predicted molar refractivity (Wildman–Crippen MR) is 137 cm³/mol. The predicted octanol–water partition coefficient (Wildman–Crippen LogP) is 4.06. The minimum absolute atomic E-state index is 0.0668. The van der Waals surface area contributed by atoms with Crippen LogP contribution in [0.25, 0.3) is 5.57 Å². The number of aliphatic hydroxyl groups is 1. The molecule has 8 heteroatoms. The fourth-order valence-corrected chi connectivity index (χ4v) is 7.42. The smallest absolute Gasteiger partial charge is 0.247 e. The maximum Gasteiger partial charge on any atom is 0.247 e. The van der Waals surface area contributed by atoms with Gasteiger partial charge < -0.3 is 14.7 Å². The summed E-state index contributed by atoms with van der Waals surface area (Å²) in [6.45, 7) is 4.02. The Morgan fingerprint density at radius 3 is 2.63 bits per heavy atom. The van der Waals surface area contributed by atoms with Crippen molar-refractivity contribution in [3.63, 3.8) is 0 Å². The quantitative estimate of drug-likeness (QED) is 0.631. The normalized spacial score (nSPS) is 26.1. The number of hydrogen-bond donors (Lipinski definition) is 1. The Bertz CT molecular complexity index is 1050. The van der Waals surface area contributed by atoms with Crippen LogP contribution >= 0.6 is 0 Å². The zero-order valence-corrected chi connectivity index (χ0v) is 22.1. The molecule has 2 aliphatic carbocycles. The lowest BCUT2D eigenvalue weighted by Gasteiger charge is -2.38. The number of rotatable bonds is 6. The van der Waals surface area contributed by atoms with E-state index in [2.05, 4.69) is 6.08 Å². The van der Waals surface area contributed by atoms with Crippen LogP contribution in [0.15, 0.2) is 29.2 Å². The highest BCUT2D eigenvalue weighted by atomic mass is 32.2. The average molecular weight is 505 g/mol. The van der Waals surface area contributed by atoms with Crippen molar-refractivity contribution >= 4 is 21.5 Å². The van der Waals surface area contributed by atoms with E-state index in [0.29, 0.717) is 12.3 Å². The Hall–Kier alpha value is -1.90. The molecule has 1 fully saturated rings. The van der Waals surface area contributed by atoms with E-state index in [1.165, 1.54) is 16.3 Å². The van der Waals surface area contributed by atoms with Crippen molar-refractivity contribution in [1.82, 2.24) is 9.21 Å². The molecule has 0 radical (unpaired) electrons. The molecule has 194 valence electrons. The van der Waals surface area contributed by atoms with Crippen molar-refractivity contribution in [1.29, 1.82) is 0 Å². The second-order valence-corrected chi connectivity index (χ2v) is 12.4. The minimum atomic E-state index is -3.86. The summed E-state index contributed by atoms with van der Waals surface area (Å²) in [5.41, 5.74) is 2.20. The van der Waals surface area contributed by atoms with E-state index in [9.17, 15) is 18.3 Å². The van der Waals surface area contributed by atoms with Crippen LogP contribution in [0.2, 0.25) is 0 Å². The van der Waals surface area contributed by atoms with E-state index in [0.717, 1.165) is 50.5 Å². The molecule has 1 amide bonds. The average Bonchev–Trinajstić information content (AvgIpc) is 3.40. The summed E-state index contributed by atoms with van der Waals surface area (Å²) in [6, 6.07) is 4.78. The van der Waals surface area contributed by atoms with Crippen LogP contribution in [-0.4, -0.2) is 67.5 Å². The summed E-state index contributed by atoms with van der Waals surface area (Å²) >= 11 is 0. The van der Waals surface area contributed by atoms with Crippen molar-refractivity contribution in [3.05, 3.63) is 29.8 Å². The summed E-state index contributed by atoms with van der Waals surface area (Å²) in [6.07, 6.45) is 10.2. The van der Waals surface area contributed by atoms with E-state index in [4.69, 9.17) is 4.74 Å². The first kappa shape index (κ1) is 26.2. The fourth-order valence-electron chi connectivity index (χ4n) is 5.60. The van der Waals surface area contributed by atoms with Crippen LogP contribution < -0.4 is 4.74 Å². The topological polar surface area (TPSA) is 87.2 Å².